The van der Waals surface area contributed by atoms with E-state index in [9.17, 15) is 9.59 Å². The van der Waals surface area contributed by atoms with Crippen molar-refractivity contribution in [2.45, 2.75) is 27.3 Å². The van der Waals surface area contributed by atoms with Crippen LogP contribution in [0.1, 0.15) is 29.2 Å². The zero-order valence-electron chi connectivity index (χ0n) is 18.4. The van der Waals surface area contributed by atoms with Gasteiger partial charge in [-0.1, -0.05) is 23.8 Å². The molecule has 1 N–H and O–H groups in total. The van der Waals surface area contributed by atoms with E-state index in [1.54, 1.807) is 24.5 Å². The number of ether oxygens (including phenoxy) is 1. The molecule has 0 aliphatic carbocycles. The van der Waals surface area contributed by atoms with Gasteiger partial charge in [0.15, 0.2) is 0 Å². The highest BCUT2D eigenvalue weighted by Crippen LogP contribution is 2.33. The number of hydrogen-bond donors (Lipinski definition) is 1. The predicted molar refractivity (Wildman–Crippen MR) is 124 cm³/mol. The molecule has 0 spiro atoms. The monoisotopic (exact) mass is 427 g/mol. The molecule has 1 aliphatic rings. The number of aryl methyl sites for hydroxylation is 2. The van der Waals surface area contributed by atoms with Gasteiger partial charge in [0.2, 0.25) is 0 Å². The van der Waals surface area contributed by atoms with Gasteiger partial charge in [-0.3, -0.25) is 19.5 Å². The predicted octanol–water partition coefficient (Wildman–Crippen LogP) is 4.49. The fraction of sp³-hybridized carbons (Fsp3) is 0.192. The maximum atomic E-state index is 13.5. The first-order chi connectivity index (χ1) is 15.5. The summed E-state index contributed by atoms with van der Waals surface area (Å²) in [5.74, 6) is 0.0812. The number of carbonyl (C=O) groups is 2. The van der Waals surface area contributed by atoms with Crippen LogP contribution in [0, 0.1) is 13.8 Å². The third kappa shape index (κ3) is 4.25. The third-order valence-corrected chi connectivity index (χ3v) is 5.34. The van der Waals surface area contributed by atoms with E-state index in [1.165, 1.54) is 4.90 Å². The second kappa shape index (κ2) is 9.06. The standard InChI is InChI=1S/C26H25N3O3/c1-4-32-21-8-6-20(7-9-21)28-24-23(22-10-5-17(2)15-18(22)3)25(30)29(26(24)31)16-19-11-13-27-14-12-19/h5-15,28H,4,16H2,1-3H3. The molecular weight excluding hydrogens is 402 g/mol. The largest absolute Gasteiger partial charge is 0.494 e. The Morgan fingerprint density at radius 2 is 1.66 bits per heavy atom. The SMILES string of the molecule is CCOc1ccc(NC2=C(c3ccc(C)cc3C)C(=O)N(Cc3ccncc3)C2=O)cc1. The zero-order chi connectivity index (χ0) is 22.7. The first-order valence-corrected chi connectivity index (χ1v) is 10.5. The van der Waals surface area contributed by atoms with Crippen LogP contribution in [0.15, 0.2) is 72.7 Å². The zero-order valence-corrected chi connectivity index (χ0v) is 18.4. The molecule has 1 aromatic heterocycles. The van der Waals surface area contributed by atoms with Crippen molar-refractivity contribution in [1.82, 2.24) is 9.88 Å². The molecule has 0 atom stereocenters. The van der Waals surface area contributed by atoms with Crippen molar-refractivity contribution in [1.29, 1.82) is 0 Å². The molecule has 4 rings (SSSR count). The first kappa shape index (κ1) is 21.3. The molecule has 0 saturated carbocycles. The Morgan fingerprint density at radius 3 is 2.31 bits per heavy atom. The third-order valence-electron chi connectivity index (χ3n) is 5.34. The van der Waals surface area contributed by atoms with Gasteiger partial charge in [0.25, 0.3) is 11.8 Å². The quantitative estimate of drug-likeness (QED) is 0.563. The van der Waals surface area contributed by atoms with Crippen LogP contribution < -0.4 is 10.1 Å². The van der Waals surface area contributed by atoms with Crippen molar-refractivity contribution in [3.8, 4) is 5.75 Å². The molecule has 32 heavy (non-hydrogen) atoms. The molecular formula is C26H25N3O3. The Bertz CT molecular complexity index is 1180. The van der Waals surface area contributed by atoms with Crippen LogP contribution in [0.2, 0.25) is 0 Å². The molecule has 3 aromatic rings. The smallest absolute Gasteiger partial charge is 0.278 e. The fourth-order valence-electron chi connectivity index (χ4n) is 3.80. The van der Waals surface area contributed by atoms with Gasteiger partial charge in [-0.2, -0.15) is 0 Å². The fourth-order valence-corrected chi connectivity index (χ4v) is 3.80. The van der Waals surface area contributed by atoms with Crippen LogP contribution in [0.5, 0.6) is 5.75 Å². The summed E-state index contributed by atoms with van der Waals surface area (Å²) in [6.07, 6.45) is 3.30. The van der Waals surface area contributed by atoms with Crippen molar-refractivity contribution in [3.05, 3.63) is 94.9 Å². The Balaban J connectivity index is 1.73. The first-order valence-electron chi connectivity index (χ1n) is 10.5. The molecule has 0 fully saturated rings. The molecule has 2 amide bonds. The Labute approximate surface area is 187 Å². The number of imide groups is 1. The summed E-state index contributed by atoms with van der Waals surface area (Å²) < 4.78 is 5.50. The summed E-state index contributed by atoms with van der Waals surface area (Å²) in [5.41, 5.74) is 4.99. The minimum atomic E-state index is -0.351. The van der Waals surface area contributed by atoms with Crippen molar-refractivity contribution < 1.29 is 14.3 Å². The van der Waals surface area contributed by atoms with E-state index in [4.69, 9.17) is 4.74 Å². The van der Waals surface area contributed by atoms with Crippen molar-refractivity contribution in [2.75, 3.05) is 11.9 Å². The minimum Gasteiger partial charge on any atom is -0.494 e. The molecule has 6 nitrogen and oxygen atoms in total. The molecule has 6 heteroatoms. The second-order valence-corrected chi connectivity index (χ2v) is 7.70. The van der Waals surface area contributed by atoms with E-state index >= 15 is 0 Å². The van der Waals surface area contributed by atoms with Crippen LogP contribution in [0.25, 0.3) is 5.57 Å². The maximum Gasteiger partial charge on any atom is 0.278 e. The van der Waals surface area contributed by atoms with Gasteiger partial charge in [-0.25, -0.2) is 0 Å². The van der Waals surface area contributed by atoms with E-state index in [0.717, 1.165) is 28.0 Å². The Morgan fingerprint density at radius 1 is 0.938 bits per heavy atom. The summed E-state index contributed by atoms with van der Waals surface area (Å²) >= 11 is 0. The number of nitrogens with zero attached hydrogens (tertiary/aromatic N) is 2. The van der Waals surface area contributed by atoms with Crippen LogP contribution in [-0.4, -0.2) is 28.3 Å². The molecule has 0 unspecified atom stereocenters. The second-order valence-electron chi connectivity index (χ2n) is 7.70. The molecule has 0 bridgehead atoms. The number of hydrogen-bond acceptors (Lipinski definition) is 5. The van der Waals surface area contributed by atoms with E-state index < -0.39 is 0 Å². The van der Waals surface area contributed by atoms with Crippen LogP contribution in [0.4, 0.5) is 5.69 Å². The molecule has 162 valence electrons. The van der Waals surface area contributed by atoms with Gasteiger partial charge in [-0.05, 0) is 73.9 Å². The van der Waals surface area contributed by atoms with Gasteiger partial charge >= 0.3 is 0 Å². The van der Waals surface area contributed by atoms with Gasteiger partial charge in [0.1, 0.15) is 11.4 Å². The highest BCUT2D eigenvalue weighted by molar-refractivity contribution is 6.36. The van der Waals surface area contributed by atoms with Crippen molar-refractivity contribution >= 4 is 23.1 Å². The van der Waals surface area contributed by atoms with Gasteiger partial charge < -0.3 is 10.1 Å². The summed E-state index contributed by atoms with van der Waals surface area (Å²) in [5, 5.41) is 3.20. The number of carbonyl (C=O) groups excluding carboxylic acids is 2. The topological polar surface area (TPSA) is 71.5 Å². The number of benzene rings is 2. The average Bonchev–Trinajstić information content (AvgIpc) is 3.00. The Kier molecular flexibility index (Phi) is 6.03. The van der Waals surface area contributed by atoms with E-state index in [2.05, 4.69) is 10.3 Å². The minimum absolute atomic E-state index is 0.184. The number of amides is 2. The number of aromatic nitrogens is 1. The summed E-state index contributed by atoms with van der Waals surface area (Å²) in [6.45, 7) is 6.64. The normalized spacial score (nSPS) is 13.7. The van der Waals surface area contributed by atoms with Gasteiger partial charge in [-0.15, -0.1) is 0 Å². The lowest BCUT2D eigenvalue weighted by molar-refractivity contribution is -0.137. The molecule has 0 radical (unpaired) electrons. The summed E-state index contributed by atoms with van der Waals surface area (Å²) in [6, 6.07) is 16.8. The van der Waals surface area contributed by atoms with E-state index in [1.807, 2.05) is 63.2 Å². The highest BCUT2D eigenvalue weighted by atomic mass is 16.5. The number of nitrogens with one attached hydrogen (secondary N) is 1. The Hall–Kier alpha value is -3.93. The van der Waals surface area contributed by atoms with E-state index in [0.29, 0.717) is 17.9 Å². The summed E-state index contributed by atoms with van der Waals surface area (Å²) in [7, 11) is 0. The lowest BCUT2D eigenvalue weighted by Crippen LogP contribution is -2.32. The molecule has 2 aromatic carbocycles. The van der Waals surface area contributed by atoms with Crippen molar-refractivity contribution in [2.24, 2.45) is 0 Å². The molecule has 2 heterocycles. The maximum absolute atomic E-state index is 13.5. The highest BCUT2D eigenvalue weighted by Gasteiger charge is 2.39. The number of rotatable bonds is 7. The van der Waals surface area contributed by atoms with Crippen LogP contribution in [-0.2, 0) is 16.1 Å². The number of anilines is 1. The summed E-state index contributed by atoms with van der Waals surface area (Å²) in [4.78, 5) is 32.2. The van der Waals surface area contributed by atoms with Crippen molar-refractivity contribution in [3.63, 3.8) is 0 Å². The van der Waals surface area contributed by atoms with Crippen LogP contribution in [0.3, 0.4) is 0 Å². The van der Waals surface area contributed by atoms with Gasteiger partial charge in [0.05, 0.1) is 18.7 Å². The lowest BCUT2D eigenvalue weighted by Gasteiger charge is -2.15. The van der Waals surface area contributed by atoms with Crippen LogP contribution >= 0.6 is 0 Å². The molecule has 0 saturated heterocycles. The van der Waals surface area contributed by atoms with E-state index in [-0.39, 0.29) is 24.1 Å². The van der Waals surface area contributed by atoms with Gasteiger partial charge in [0, 0.05) is 18.1 Å². The number of pyridine rings is 1. The molecule has 1 aliphatic heterocycles. The average molecular weight is 428 g/mol. The lowest BCUT2D eigenvalue weighted by atomic mass is 9.97.